The van der Waals surface area contributed by atoms with Gasteiger partial charge in [0.25, 0.3) is 0 Å². The van der Waals surface area contributed by atoms with Gasteiger partial charge in [0.2, 0.25) is 0 Å². The predicted octanol–water partition coefficient (Wildman–Crippen LogP) is 3.56. The fourth-order valence-corrected chi connectivity index (χ4v) is 1.82. The number of hydrogen-bond acceptors (Lipinski definition) is 3. The highest BCUT2D eigenvalue weighted by atomic mass is 19.4. The number of nitro groups is 1. The molecule has 0 aliphatic rings. The van der Waals surface area contributed by atoms with Gasteiger partial charge in [0.1, 0.15) is 18.2 Å². The number of aromatic nitrogens is 2. The van der Waals surface area contributed by atoms with Crippen molar-refractivity contribution in [2.24, 2.45) is 0 Å². The van der Waals surface area contributed by atoms with Crippen molar-refractivity contribution in [3.8, 4) is 0 Å². The van der Waals surface area contributed by atoms with Crippen molar-refractivity contribution >= 4 is 5.69 Å². The molecule has 1 atom stereocenters. The summed E-state index contributed by atoms with van der Waals surface area (Å²) in [5, 5.41) is 14.3. The van der Waals surface area contributed by atoms with Crippen LogP contribution in [0.15, 0.2) is 30.6 Å². The van der Waals surface area contributed by atoms with Crippen molar-refractivity contribution < 1.29 is 22.5 Å². The summed E-state index contributed by atoms with van der Waals surface area (Å²) in [6.07, 6.45) is -2.56. The van der Waals surface area contributed by atoms with Crippen LogP contribution in [0, 0.1) is 15.9 Å². The Labute approximate surface area is 116 Å². The highest BCUT2D eigenvalue weighted by Crippen LogP contribution is 2.32. The highest BCUT2D eigenvalue weighted by molar-refractivity contribution is 5.30. The predicted molar refractivity (Wildman–Crippen MR) is 64.1 cm³/mol. The maximum atomic E-state index is 13.8. The fourth-order valence-electron chi connectivity index (χ4n) is 1.82. The molecule has 1 aromatic carbocycles. The Balaban J connectivity index is 2.34. The van der Waals surface area contributed by atoms with Gasteiger partial charge in [0.05, 0.1) is 16.5 Å². The topological polar surface area (TPSA) is 61.0 Å². The van der Waals surface area contributed by atoms with Gasteiger partial charge in [-0.05, 0) is 19.1 Å². The first-order valence-electron chi connectivity index (χ1n) is 5.75. The molecule has 1 unspecified atom stereocenters. The van der Waals surface area contributed by atoms with Gasteiger partial charge in [-0.25, -0.2) is 4.39 Å². The second-order valence-electron chi connectivity index (χ2n) is 4.35. The molecule has 0 saturated heterocycles. The molecule has 0 N–H and O–H groups in total. The van der Waals surface area contributed by atoms with Gasteiger partial charge in [-0.3, -0.25) is 14.8 Å². The van der Waals surface area contributed by atoms with Gasteiger partial charge in [0, 0.05) is 5.56 Å². The number of hydrogen-bond donors (Lipinski definition) is 0. The van der Waals surface area contributed by atoms with Gasteiger partial charge in [-0.1, -0.05) is 6.07 Å². The second-order valence-corrected chi connectivity index (χ2v) is 4.35. The quantitative estimate of drug-likeness (QED) is 0.495. The van der Waals surface area contributed by atoms with Gasteiger partial charge < -0.3 is 0 Å². The van der Waals surface area contributed by atoms with Gasteiger partial charge in [-0.2, -0.15) is 18.3 Å². The Kier molecular flexibility index (Phi) is 3.67. The number of halogens is 4. The maximum Gasteiger partial charge on any atom is 0.416 e. The highest BCUT2D eigenvalue weighted by Gasteiger charge is 2.31. The zero-order valence-electron chi connectivity index (χ0n) is 10.6. The van der Waals surface area contributed by atoms with Crippen LogP contribution in [-0.4, -0.2) is 14.7 Å². The van der Waals surface area contributed by atoms with E-state index < -0.39 is 28.5 Å². The lowest BCUT2D eigenvalue weighted by atomic mass is 10.1. The Bertz CT molecular complexity index is 681. The monoisotopic (exact) mass is 303 g/mol. The van der Waals surface area contributed by atoms with E-state index in [-0.39, 0.29) is 11.3 Å². The minimum absolute atomic E-state index is 0.0407. The summed E-state index contributed by atoms with van der Waals surface area (Å²) < 4.78 is 52.3. The third-order valence-electron chi connectivity index (χ3n) is 2.97. The number of nitrogens with zero attached hydrogens (tertiary/aromatic N) is 3. The third kappa shape index (κ3) is 3.01. The number of alkyl halides is 3. The Morgan fingerprint density at radius 2 is 2.05 bits per heavy atom. The van der Waals surface area contributed by atoms with Gasteiger partial charge in [-0.15, -0.1) is 0 Å². The summed E-state index contributed by atoms with van der Waals surface area (Å²) in [4.78, 5) is 9.88. The normalized spacial score (nSPS) is 13.2. The molecular formula is C12H9F4N3O2. The average Bonchev–Trinajstić information content (AvgIpc) is 2.86. The smallest absolute Gasteiger partial charge is 0.258 e. The molecule has 0 fully saturated rings. The molecule has 1 aromatic heterocycles. The van der Waals surface area contributed by atoms with Gasteiger partial charge in [0.15, 0.2) is 0 Å². The van der Waals surface area contributed by atoms with E-state index in [4.69, 9.17) is 0 Å². The Hall–Kier alpha value is -2.45. The van der Waals surface area contributed by atoms with E-state index in [0.29, 0.717) is 6.07 Å². The molecule has 112 valence electrons. The molecule has 0 radical (unpaired) electrons. The number of benzene rings is 1. The van der Waals surface area contributed by atoms with Crippen LogP contribution in [0.2, 0.25) is 0 Å². The van der Waals surface area contributed by atoms with Crippen LogP contribution >= 0.6 is 0 Å². The molecule has 1 heterocycles. The molecule has 0 spiro atoms. The van der Waals surface area contributed by atoms with Crippen molar-refractivity contribution in [2.45, 2.75) is 19.1 Å². The van der Waals surface area contributed by atoms with Crippen molar-refractivity contribution in [2.75, 3.05) is 0 Å². The van der Waals surface area contributed by atoms with Crippen LogP contribution in [0.25, 0.3) is 0 Å². The van der Waals surface area contributed by atoms with E-state index in [1.165, 1.54) is 6.92 Å². The molecule has 5 nitrogen and oxygen atoms in total. The average molecular weight is 303 g/mol. The maximum absolute atomic E-state index is 13.8. The van der Waals surface area contributed by atoms with E-state index >= 15 is 0 Å². The van der Waals surface area contributed by atoms with E-state index in [1.54, 1.807) is 0 Å². The molecule has 0 saturated carbocycles. The van der Waals surface area contributed by atoms with E-state index in [2.05, 4.69) is 5.10 Å². The van der Waals surface area contributed by atoms with Crippen LogP contribution in [0.1, 0.15) is 24.1 Å². The second kappa shape index (κ2) is 5.15. The first-order chi connectivity index (χ1) is 9.70. The largest absolute Gasteiger partial charge is 0.416 e. The molecule has 0 amide bonds. The van der Waals surface area contributed by atoms with Crippen LogP contribution < -0.4 is 0 Å². The Morgan fingerprint density at radius 1 is 1.38 bits per heavy atom. The first-order valence-corrected chi connectivity index (χ1v) is 5.75. The van der Waals surface area contributed by atoms with Crippen molar-refractivity contribution in [3.05, 3.63) is 57.7 Å². The van der Waals surface area contributed by atoms with Crippen molar-refractivity contribution in [3.63, 3.8) is 0 Å². The van der Waals surface area contributed by atoms with Crippen LogP contribution in [0.3, 0.4) is 0 Å². The lowest BCUT2D eigenvalue weighted by Crippen LogP contribution is -2.11. The minimum Gasteiger partial charge on any atom is -0.258 e. The molecular weight excluding hydrogens is 294 g/mol. The molecule has 21 heavy (non-hydrogen) atoms. The lowest BCUT2D eigenvalue weighted by molar-refractivity contribution is -0.385. The molecule has 0 aliphatic carbocycles. The van der Waals surface area contributed by atoms with Crippen LogP contribution in [-0.2, 0) is 6.18 Å². The molecule has 0 bridgehead atoms. The van der Waals surface area contributed by atoms with E-state index in [9.17, 15) is 27.7 Å². The fraction of sp³-hybridized carbons (Fsp3) is 0.250. The van der Waals surface area contributed by atoms with Crippen molar-refractivity contribution in [1.82, 2.24) is 9.78 Å². The first kappa shape index (κ1) is 14.9. The van der Waals surface area contributed by atoms with Crippen LogP contribution in [0.4, 0.5) is 23.2 Å². The van der Waals surface area contributed by atoms with E-state index in [0.717, 1.165) is 29.2 Å². The van der Waals surface area contributed by atoms with Gasteiger partial charge >= 0.3 is 11.9 Å². The zero-order valence-corrected chi connectivity index (χ0v) is 10.6. The standard InChI is InChI=1S/C12H9F4N3O2/c1-7(18-6-9(5-17-18)19(20)21)10-3-2-8(4-11(10)13)12(14,15)16/h2-7H,1H3. The summed E-state index contributed by atoms with van der Waals surface area (Å²) in [7, 11) is 0. The molecule has 2 aromatic rings. The minimum atomic E-state index is -4.63. The van der Waals surface area contributed by atoms with Crippen molar-refractivity contribution in [1.29, 1.82) is 0 Å². The molecule has 2 rings (SSSR count). The van der Waals surface area contributed by atoms with E-state index in [1.807, 2.05) is 0 Å². The molecule has 0 aliphatic heterocycles. The SMILES string of the molecule is CC(c1ccc(C(F)(F)F)cc1F)n1cc([N+](=O)[O-])cn1. The Morgan fingerprint density at radius 3 is 2.52 bits per heavy atom. The summed E-state index contributed by atoms with van der Waals surface area (Å²) >= 11 is 0. The number of rotatable bonds is 3. The summed E-state index contributed by atoms with van der Waals surface area (Å²) in [5.74, 6) is -1.05. The third-order valence-corrected chi connectivity index (χ3v) is 2.97. The van der Waals surface area contributed by atoms with Crippen LogP contribution in [0.5, 0.6) is 0 Å². The zero-order chi connectivity index (χ0) is 15.8. The summed E-state index contributed by atoms with van der Waals surface area (Å²) in [5.41, 5.74) is -1.42. The molecule has 9 heteroatoms. The lowest BCUT2D eigenvalue weighted by Gasteiger charge is -2.15. The summed E-state index contributed by atoms with van der Waals surface area (Å²) in [6, 6.07) is 1.37. The summed E-state index contributed by atoms with van der Waals surface area (Å²) in [6.45, 7) is 1.47.